The fraction of sp³-hybridized carbons (Fsp3) is 0.286. The van der Waals surface area contributed by atoms with Crippen molar-refractivity contribution in [3.05, 3.63) is 41.9 Å². The molecule has 0 saturated carbocycles. The molecule has 0 radical (unpaired) electrons. The van der Waals surface area contributed by atoms with Gasteiger partial charge in [0, 0.05) is 12.5 Å². The maximum Gasteiger partial charge on any atom is 0.138 e. The third-order valence-electron chi connectivity index (χ3n) is 3.05. The Kier molecular flexibility index (Phi) is 3.46. The highest BCUT2D eigenvalue weighted by Crippen LogP contribution is 2.24. The van der Waals surface area contributed by atoms with E-state index in [2.05, 4.69) is 28.3 Å². The summed E-state index contributed by atoms with van der Waals surface area (Å²) in [6.45, 7) is 2.16. The zero-order valence-corrected chi connectivity index (χ0v) is 11.5. The van der Waals surface area contributed by atoms with Crippen LogP contribution in [-0.2, 0) is 6.42 Å². The quantitative estimate of drug-likeness (QED) is 0.769. The van der Waals surface area contributed by atoms with Gasteiger partial charge in [-0.05, 0) is 36.9 Å². The fourth-order valence-electron chi connectivity index (χ4n) is 2.02. The first-order valence-electron chi connectivity index (χ1n) is 6.30. The Hall–Kier alpha value is -1.88. The SMILES string of the molecule is CC(CCc1ccco1)Nc1ncnc2sccc12. The average molecular weight is 273 g/mol. The van der Waals surface area contributed by atoms with Gasteiger partial charge in [-0.2, -0.15) is 0 Å². The van der Waals surface area contributed by atoms with Gasteiger partial charge in [0.25, 0.3) is 0 Å². The molecule has 3 heterocycles. The van der Waals surface area contributed by atoms with Crippen molar-refractivity contribution in [2.45, 2.75) is 25.8 Å². The molecule has 0 saturated heterocycles. The van der Waals surface area contributed by atoms with E-state index in [9.17, 15) is 0 Å². The molecular formula is C14H15N3OS. The van der Waals surface area contributed by atoms with Gasteiger partial charge in [-0.3, -0.25) is 0 Å². The number of nitrogens with one attached hydrogen (secondary N) is 1. The minimum absolute atomic E-state index is 0.336. The number of nitrogens with zero attached hydrogens (tertiary/aromatic N) is 2. The van der Waals surface area contributed by atoms with Gasteiger partial charge < -0.3 is 9.73 Å². The van der Waals surface area contributed by atoms with Crippen LogP contribution in [0.25, 0.3) is 10.2 Å². The maximum atomic E-state index is 5.34. The molecule has 3 rings (SSSR count). The molecule has 19 heavy (non-hydrogen) atoms. The van der Waals surface area contributed by atoms with Crippen LogP contribution in [0.1, 0.15) is 19.1 Å². The topological polar surface area (TPSA) is 51.0 Å². The summed E-state index contributed by atoms with van der Waals surface area (Å²) in [5, 5.41) is 6.58. The molecule has 1 atom stereocenters. The second-order valence-electron chi connectivity index (χ2n) is 4.53. The molecular weight excluding hydrogens is 258 g/mol. The van der Waals surface area contributed by atoms with Gasteiger partial charge >= 0.3 is 0 Å². The molecule has 3 aromatic rings. The van der Waals surface area contributed by atoms with Gasteiger partial charge in [0.1, 0.15) is 22.7 Å². The summed E-state index contributed by atoms with van der Waals surface area (Å²) in [4.78, 5) is 9.60. The van der Waals surface area contributed by atoms with Crippen molar-refractivity contribution in [3.63, 3.8) is 0 Å². The van der Waals surface area contributed by atoms with Crippen LogP contribution < -0.4 is 5.32 Å². The number of furan rings is 1. The predicted molar refractivity (Wildman–Crippen MR) is 77.5 cm³/mol. The number of hydrogen-bond donors (Lipinski definition) is 1. The third-order valence-corrected chi connectivity index (χ3v) is 3.87. The van der Waals surface area contributed by atoms with Crippen LogP contribution in [0.2, 0.25) is 0 Å². The fourth-order valence-corrected chi connectivity index (χ4v) is 2.76. The highest BCUT2D eigenvalue weighted by molar-refractivity contribution is 7.16. The molecule has 5 heteroatoms. The number of anilines is 1. The van der Waals surface area contributed by atoms with E-state index in [-0.39, 0.29) is 0 Å². The molecule has 0 fully saturated rings. The van der Waals surface area contributed by atoms with Gasteiger partial charge in [0.05, 0.1) is 11.6 Å². The smallest absolute Gasteiger partial charge is 0.138 e. The molecule has 0 spiro atoms. The number of aromatic nitrogens is 2. The van der Waals surface area contributed by atoms with Crippen LogP contribution in [0.4, 0.5) is 5.82 Å². The Morgan fingerprint density at radius 1 is 1.37 bits per heavy atom. The van der Waals surface area contributed by atoms with E-state index in [4.69, 9.17) is 4.42 Å². The number of aryl methyl sites for hydroxylation is 1. The first kappa shape index (κ1) is 12.2. The molecule has 0 aliphatic carbocycles. The lowest BCUT2D eigenvalue weighted by molar-refractivity contribution is 0.495. The van der Waals surface area contributed by atoms with Crippen LogP contribution in [-0.4, -0.2) is 16.0 Å². The molecule has 4 nitrogen and oxygen atoms in total. The monoisotopic (exact) mass is 273 g/mol. The van der Waals surface area contributed by atoms with E-state index in [1.807, 2.05) is 17.5 Å². The third kappa shape index (κ3) is 2.76. The van der Waals surface area contributed by atoms with Crippen molar-refractivity contribution in [1.82, 2.24) is 9.97 Å². The average Bonchev–Trinajstić information content (AvgIpc) is 3.08. The standard InChI is InChI=1S/C14H15N3OS/c1-10(4-5-11-3-2-7-18-11)17-13-12-6-8-19-14(12)16-9-15-13/h2-3,6-10H,4-5H2,1H3,(H,15,16,17). The van der Waals surface area contributed by atoms with Crippen LogP contribution >= 0.6 is 11.3 Å². The molecule has 0 bridgehead atoms. The van der Waals surface area contributed by atoms with E-state index >= 15 is 0 Å². The highest BCUT2D eigenvalue weighted by atomic mass is 32.1. The summed E-state index contributed by atoms with van der Waals surface area (Å²) in [6, 6.07) is 6.33. The minimum Gasteiger partial charge on any atom is -0.469 e. The molecule has 0 aromatic carbocycles. The zero-order chi connectivity index (χ0) is 13.1. The van der Waals surface area contributed by atoms with E-state index in [1.54, 1.807) is 23.9 Å². The molecule has 1 N–H and O–H groups in total. The number of fused-ring (bicyclic) bond motifs is 1. The summed E-state index contributed by atoms with van der Waals surface area (Å²) in [5.41, 5.74) is 0. The van der Waals surface area contributed by atoms with Crippen LogP contribution in [0.5, 0.6) is 0 Å². The Morgan fingerprint density at radius 2 is 2.32 bits per heavy atom. The summed E-state index contributed by atoms with van der Waals surface area (Å²) < 4.78 is 5.34. The first-order chi connectivity index (χ1) is 9.33. The first-order valence-corrected chi connectivity index (χ1v) is 7.18. The Labute approximate surface area is 115 Å². The Balaban J connectivity index is 1.65. The van der Waals surface area contributed by atoms with Crippen molar-refractivity contribution in [3.8, 4) is 0 Å². The van der Waals surface area contributed by atoms with Crippen molar-refractivity contribution >= 4 is 27.4 Å². The van der Waals surface area contributed by atoms with E-state index in [0.717, 1.165) is 34.6 Å². The van der Waals surface area contributed by atoms with Gasteiger partial charge in [-0.25, -0.2) is 9.97 Å². The molecule has 0 aliphatic heterocycles. The van der Waals surface area contributed by atoms with E-state index in [0.29, 0.717) is 6.04 Å². The Bertz CT molecular complexity index is 648. The number of rotatable bonds is 5. The maximum absolute atomic E-state index is 5.34. The number of thiophene rings is 1. The van der Waals surface area contributed by atoms with Crippen LogP contribution in [0.3, 0.4) is 0 Å². The van der Waals surface area contributed by atoms with Gasteiger partial charge in [0.2, 0.25) is 0 Å². The summed E-state index contributed by atoms with van der Waals surface area (Å²) in [5.74, 6) is 1.94. The lowest BCUT2D eigenvalue weighted by atomic mass is 10.1. The molecule has 0 aliphatic rings. The summed E-state index contributed by atoms with van der Waals surface area (Å²) in [6.07, 6.45) is 5.26. The van der Waals surface area contributed by atoms with Crippen molar-refractivity contribution < 1.29 is 4.42 Å². The van der Waals surface area contributed by atoms with Crippen molar-refractivity contribution in [1.29, 1.82) is 0 Å². The molecule has 3 aromatic heterocycles. The minimum atomic E-state index is 0.336. The van der Waals surface area contributed by atoms with E-state index in [1.165, 1.54) is 0 Å². The predicted octanol–water partition coefficient (Wildman–Crippen LogP) is 3.72. The summed E-state index contributed by atoms with van der Waals surface area (Å²) in [7, 11) is 0. The normalized spacial score (nSPS) is 12.7. The van der Waals surface area contributed by atoms with Crippen LogP contribution in [0, 0.1) is 0 Å². The second kappa shape index (κ2) is 5.40. The highest BCUT2D eigenvalue weighted by Gasteiger charge is 2.08. The molecule has 98 valence electrons. The second-order valence-corrected chi connectivity index (χ2v) is 5.42. The van der Waals surface area contributed by atoms with Crippen LogP contribution in [0.15, 0.2) is 40.6 Å². The molecule has 1 unspecified atom stereocenters. The van der Waals surface area contributed by atoms with Gasteiger partial charge in [-0.15, -0.1) is 11.3 Å². The Morgan fingerprint density at radius 3 is 3.16 bits per heavy atom. The largest absolute Gasteiger partial charge is 0.469 e. The number of hydrogen-bond acceptors (Lipinski definition) is 5. The summed E-state index contributed by atoms with van der Waals surface area (Å²) >= 11 is 1.63. The van der Waals surface area contributed by atoms with Gasteiger partial charge in [0.15, 0.2) is 0 Å². The van der Waals surface area contributed by atoms with E-state index < -0.39 is 0 Å². The molecule has 0 amide bonds. The zero-order valence-electron chi connectivity index (χ0n) is 10.7. The van der Waals surface area contributed by atoms with Crippen molar-refractivity contribution in [2.75, 3.05) is 5.32 Å². The lowest BCUT2D eigenvalue weighted by Gasteiger charge is -2.14. The van der Waals surface area contributed by atoms with Gasteiger partial charge in [-0.1, -0.05) is 0 Å². The van der Waals surface area contributed by atoms with Crippen molar-refractivity contribution in [2.24, 2.45) is 0 Å². The lowest BCUT2D eigenvalue weighted by Crippen LogP contribution is -2.17.